The van der Waals surface area contributed by atoms with Crippen LogP contribution in [0.4, 0.5) is 0 Å². The number of rotatable bonds is 1. The number of benzene rings is 1. The average Bonchev–Trinajstić information content (AvgIpc) is 2.70. The summed E-state index contributed by atoms with van der Waals surface area (Å²) in [5.41, 5.74) is 0.660. The Labute approximate surface area is 113 Å². The molecule has 0 atom stereocenters. The summed E-state index contributed by atoms with van der Waals surface area (Å²) in [6, 6.07) is 13.0. The van der Waals surface area contributed by atoms with E-state index < -0.39 is 0 Å². The lowest BCUT2D eigenvalue weighted by molar-refractivity contribution is 0.855. The molecule has 0 saturated heterocycles. The first-order chi connectivity index (χ1) is 9.17. The molecule has 0 unspecified atom stereocenters. The van der Waals surface area contributed by atoms with Crippen molar-refractivity contribution in [3.63, 3.8) is 0 Å². The molecule has 0 aliphatic carbocycles. The van der Waals surface area contributed by atoms with Gasteiger partial charge in [-0.15, -0.1) is 11.3 Å². The Morgan fingerprint density at radius 3 is 2.47 bits per heavy atom. The van der Waals surface area contributed by atoms with Gasteiger partial charge < -0.3 is 4.57 Å². The minimum Gasteiger partial charge on any atom is -0.300 e. The standard InChI is InChI=1S/C14H9N3OS/c1-17-13(18)12(7-10-5-3-2-4-6-10)19-14(17)11(8-15)9-16/h2-7H,1H3/b12-7+. The van der Waals surface area contributed by atoms with Crippen molar-refractivity contribution >= 4 is 23.0 Å². The van der Waals surface area contributed by atoms with Gasteiger partial charge in [0, 0.05) is 7.05 Å². The molecule has 0 radical (unpaired) electrons. The molecular formula is C14H9N3OS. The second kappa shape index (κ2) is 5.34. The lowest BCUT2D eigenvalue weighted by Gasteiger charge is -1.87. The molecule has 1 heterocycles. The number of thiazole rings is 1. The molecule has 92 valence electrons. The maximum atomic E-state index is 12.0. The molecule has 0 bridgehead atoms. The molecule has 0 saturated carbocycles. The maximum absolute atomic E-state index is 12.0. The van der Waals surface area contributed by atoms with E-state index in [0.717, 1.165) is 16.9 Å². The van der Waals surface area contributed by atoms with Gasteiger partial charge in [-0.1, -0.05) is 30.3 Å². The molecule has 1 aromatic heterocycles. The summed E-state index contributed by atoms with van der Waals surface area (Å²) in [5, 5.41) is 17.7. The van der Waals surface area contributed by atoms with Crippen LogP contribution in [0.25, 0.3) is 11.6 Å². The summed E-state index contributed by atoms with van der Waals surface area (Å²) >= 11 is 1.15. The normalized spacial score (nSPS) is 10.8. The Hall–Kier alpha value is -2.63. The summed E-state index contributed by atoms with van der Waals surface area (Å²) in [6.45, 7) is 0. The van der Waals surface area contributed by atoms with Crippen LogP contribution in [0.3, 0.4) is 0 Å². The van der Waals surface area contributed by atoms with Crippen LogP contribution in [0.15, 0.2) is 35.1 Å². The molecule has 5 heteroatoms. The largest absolute Gasteiger partial charge is 0.300 e. The van der Waals surface area contributed by atoms with Crippen molar-refractivity contribution in [1.82, 2.24) is 4.57 Å². The van der Waals surface area contributed by atoms with Crippen LogP contribution < -0.4 is 14.8 Å². The van der Waals surface area contributed by atoms with Crippen LogP contribution in [-0.2, 0) is 7.05 Å². The van der Waals surface area contributed by atoms with E-state index >= 15 is 0 Å². The molecule has 1 aromatic carbocycles. The molecule has 0 N–H and O–H groups in total. The highest BCUT2D eigenvalue weighted by Crippen LogP contribution is 1.98. The molecule has 19 heavy (non-hydrogen) atoms. The van der Waals surface area contributed by atoms with Gasteiger partial charge in [0.1, 0.15) is 16.8 Å². The fraction of sp³-hybridized carbons (Fsp3) is 0.0714. The number of nitriles is 2. The third kappa shape index (κ3) is 2.47. The van der Waals surface area contributed by atoms with E-state index in [-0.39, 0.29) is 11.1 Å². The van der Waals surface area contributed by atoms with Crippen LogP contribution in [0.5, 0.6) is 0 Å². The summed E-state index contributed by atoms with van der Waals surface area (Å²) in [5.74, 6) is 0. The van der Waals surface area contributed by atoms with E-state index in [2.05, 4.69) is 0 Å². The smallest absolute Gasteiger partial charge is 0.268 e. The Morgan fingerprint density at radius 2 is 1.89 bits per heavy atom. The number of hydrogen-bond acceptors (Lipinski definition) is 4. The minimum absolute atomic E-state index is 0.0442. The van der Waals surface area contributed by atoms with Gasteiger partial charge in [-0.05, 0) is 11.6 Å². The highest BCUT2D eigenvalue weighted by molar-refractivity contribution is 7.07. The van der Waals surface area contributed by atoms with Crippen molar-refractivity contribution in [2.24, 2.45) is 7.05 Å². The molecule has 0 fully saturated rings. The highest BCUT2D eigenvalue weighted by Gasteiger charge is 2.05. The first kappa shape index (κ1) is 12.8. The third-order valence-electron chi connectivity index (χ3n) is 2.56. The molecule has 0 amide bonds. The molecule has 2 aromatic rings. The van der Waals surface area contributed by atoms with Crippen LogP contribution >= 0.6 is 11.3 Å². The van der Waals surface area contributed by atoms with Crippen molar-refractivity contribution in [3.05, 3.63) is 55.4 Å². The highest BCUT2D eigenvalue weighted by atomic mass is 32.1. The topological polar surface area (TPSA) is 69.6 Å². The fourth-order valence-electron chi connectivity index (χ4n) is 1.61. The maximum Gasteiger partial charge on any atom is 0.268 e. The van der Waals surface area contributed by atoms with Gasteiger partial charge in [0.15, 0.2) is 5.57 Å². The predicted octanol–water partition coefficient (Wildman–Crippen LogP) is 0.473. The molecule has 0 aliphatic rings. The van der Waals surface area contributed by atoms with Crippen molar-refractivity contribution in [2.45, 2.75) is 0 Å². The van der Waals surface area contributed by atoms with Crippen LogP contribution in [-0.4, -0.2) is 4.57 Å². The second-order valence-corrected chi connectivity index (χ2v) is 4.82. The van der Waals surface area contributed by atoms with E-state index in [0.29, 0.717) is 9.20 Å². The van der Waals surface area contributed by atoms with Crippen LogP contribution in [0.2, 0.25) is 0 Å². The molecular weight excluding hydrogens is 258 g/mol. The first-order valence-corrected chi connectivity index (χ1v) is 6.26. The third-order valence-corrected chi connectivity index (χ3v) is 3.75. The summed E-state index contributed by atoms with van der Waals surface area (Å²) < 4.78 is 2.23. The Bertz CT molecular complexity index is 845. The van der Waals surface area contributed by atoms with Crippen LogP contribution in [0, 0.1) is 22.7 Å². The van der Waals surface area contributed by atoms with Gasteiger partial charge in [0.25, 0.3) is 5.56 Å². The van der Waals surface area contributed by atoms with Crippen molar-refractivity contribution in [2.75, 3.05) is 0 Å². The SMILES string of the molecule is Cn1c(=C(C#N)C#N)s/c(=C/c2ccccc2)c1=O. The van der Waals surface area contributed by atoms with E-state index in [1.807, 2.05) is 30.3 Å². The Kier molecular flexibility index (Phi) is 3.61. The summed E-state index contributed by atoms with van der Waals surface area (Å²) in [4.78, 5) is 12.0. The van der Waals surface area contributed by atoms with Gasteiger partial charge >= 0.3 is 0 Å². The van der Waals surface area contributed by atoms with Crippen molar-refractivity contribution in [3.8, 4) is 12.1 Å². The molecule has 4 nitrogen and oxygen atoms in total. The first-order valence-electron chi connectivity index (χ1n) is 5.44. The molecule has 0 spiro atoms. The quantitative estimate of drug-likeness (QED) is 0.754. The van der Waals surface area contributed by atoms with E-state index in [4.69, 9.17) is 10.5 Å². The van der Waals surface area contributed by atoms with Gasteiger partial charge in [-0.2, -0.15) is 10.5 Å². The average molecular weight is 267 g/mol. The molecule has 2 rings (SSSR count). The van der Waals surface area contributed by atoms with Gasteiger partial charge in [0.2, 0.25) is 0 Å². The van der Waals surface area contributed by atoms with Gasteiger partial charge in [-0.3, -0.25) is 4.79 Å². The Balaban J connectivity index is 2.79. The van der Waals surface area contributed by atoms with E-state index in [1.165, 1.54) is 4.57 Å². The minimum atomic E-state index is -0.202. The summed E-state index contributed by atoms with van der Waals surface area (Å²) in [7, 11) is 1.56. The Morgan fingerprint density at radius 1 is 1.26 bits per heavy atom. The van der Waals surface area contributed by atoms with Crippen molar-refractivity contribution < 1.29 is 0 Å². The molecule has 0 aliphatic heterocycles. The van der Waals surface area contributed by atoms with E-state index in [1.54, 1.807) is 25.3 Å². The lowest BCUT2D eigenvalue weighted by atomic mass is 10.2. The second-order valence-electron chi connectivity index (χ2n) is 3.79. The van der Waals surface area contributed by atoms with E-state index in [9.17, 15) is 4.79 Å². The number of nitrogens with zero attached hydrogens (tertiary/aromatic N) is 3. The predicted molar refractivity (Wildman–Crippen MR) is 73.5 cm³/mol. The number of aromatic nitrogens is 1. The zero-order valence-corrected chi connectivity index (χ0v) is 10.9. The van der Waals surface area contributed by atoms with Crippen LogP contribution in [0.1, 0.15) is 5.56 Å². The van der Waals surface area contributed by atoms with Crippen molar-refractivity contribution in [1.29, 1.82) is 10.5 Å². The summed E-state index contributed by atoms with van der Waals surface area (Å²) in [6.07, 6.45) is 1.75. The lowest BCUT2D eigenvalue weighted by Crippen LogP contribution is -2.29. The zero-order chi connectivity index (χ0) is 13.8. The van der Waals surface area contributed by atoms with Gasteiger partial charge in [-0.25, -0.2) is 0 Å². The monoisotopic (exact) mass is 267 g/mol. The zero-order valence-electron chi connectivity index (χ0n) is 10.1. The van der Waals surface area contributed by atoms with Gasteiger partial charge in [0.05, 0.1) is 4.53 Å². The number of hydrogen-bond donors (Lipinski definition) is 0. The fourth-order valence-corrected chi connectivity index (χ4v) is 2.65.